The predicted molar refractivity (Wildman–Crippen MR) is 86.0 cm³/mol. The molecule has 1 aromatic heterocycles. The first kappa shape index (κ1) is 15.3. The van der Waals surface area contributed by atoms with E-state index in [1.54, 1.807) is 24.3 Å². The fraction of sp³-hybridized carbons (Fsp3) is 0.0833. The highest BCUT2D eigenvalue weighted by Gasteiger charge is 2.15. The van der Waals surface area contributed by atoms with Gasteiger partial charge in [0, 0.05) is 5.56 Å². The van der Waals surface area contributed by atoms with E-state index in [4.69, 9.17) is 27.9 Å². The largest absolute Gasteiger partial charge is 0.484 e. The maximum atomic E-state index is 12.0. The van der Waals surface area contributed by atoms with Crippen molar-refractivity contribution in [3.63, 3.8) is 0 Å². The molecule has 0 fully saturated rings. The van der Waals surface area contributed by atoms with Gasteiger partial charge in [-0.05, 0) is 50.1 Å². The van der Waals surface area contributed by atoms with Crippen LogP contribution in [0, 0.1) is 0 Å². The lowest BCUT2D eigenvalue weighted by Crippen LogP contribution is -2.11. The Hall–Kier alpha value is -0.0700. The van der Waals surface area contributed by atoms with E-state index in [-0.39, 0.29) is 12.4 Å². The first-order valence-electron chi connectivity index (χ1n) is 5.04. The zero-order chi connectivity index (χ0) is 14.0. The maximum absolute atomic E-state index is 12.0. The highest BCUT2D eigenvalue weighted by Crippen LogP contribution is 2.33. The third-order valence-corrected chi connectivity index (χ3v) is 5.37. The summed E-state index contributed by atoms with van der Waals surface area (Å²) < 4.78 is 7.05. The Morgan fingerprint density at radius 3 is 2.68 bits per heavy atom. The molecular formula is C12H6Br2Cl2O2S. The van der Waals surface area contributed by atoms with Crippen LogP contribution in [0.4, 0.5) is 0 Å². The summed E-state index contributed by atoms with van der Waals surface area (Å²) in [7, 11) is 0. The average molecular weight is 445 g/mol. The molecule has 100 valence electrons. The molecule has 0 saturated carbocycles. The van der Waals surface area contributed by atoms with E-state index in [0.717, 1.165) is 7.57 Å². The second kappa shape index (κ2) is 6.59. The molecule has 2 aromatic rings. The molecule has 7 heteroatoms. The Kier molecular flexibility index (Phi) is 5.31. The van der Waals surface area contributed by atoms with E-state index in [1.807, 2.05) is 0 Å². The summed E-state index contributed by atoms with van der Waals surface area (Å²) in [6, 6.07) is 6.79. The molecule has 0 radical (unpaired) electrons. The summed E-state index contributed by atoms with van der Waals surface area (Å²) >= 11 is 19.9. The number of rotatable bonds is 4. The lowest BCUT2D eigenvalue weighted by atomic mass is 10.2. The Bertz CT molecular complexity index is 628. The molecule has 0 unspecified atom stereocenters. The number of halogens is 4. The van der Waals surface area contributed by atoms with Gasteiger partial charge in [-0.1, -0.05) is 29.3 Å². The molecule has 0 aliphatic rings. The zero-order valence-electron chi connectivity index (χ0n) is 9.25. The van der Waals surface area contributed by atoms with Gasteiger partial charge in [-0.25, -0.2) is 0 Å². The van der Waals surface area contributed by atoms with Crippen LogP contribution in [0.5, 0.6) is 5.75 Å². The molecule has 19 heavy (non-hydrogen) atoms. The fourth-order valence-corrected chi connectivity index (χ4v) is 4.55. The molecule has 2 nitrogen and oxygen atoms in total. The molecule has 0 saturated heterocycles. The first-order valence-corrected chi connectivity index (χ1v) is 8.19. The average Bonchev–Trinajstić information content (AvgIpc) is 2.70. The summed E-state index contributed by atoms with van der Waals surface area (Å²) in [5, 5.41) is 0.702. The minimum absolute atomic E-state index is 0.0954. The van der Waals surface area contributed by atoms with E-state index in [2.05, 4.69) is 31.9 Å². The second-order valence-electron chi connectivity index (χ2n) is 3.50. The lowest BCUT2D eigenvalue weighted by molar-refractivity contribution is 0.0921. The number of Topliss-reactive ketones (excluding diaryl/α,β-unsaturated/α-hetero) is 1. The number of thiophene rings is 1. The molecular weight excluding hydrogens is 439 g/mol. The van der Waals surface area contributed by atoms with Crippen molar-refractivity contribution in [2.24, 2.45) is 0 Å². The molecule has 0 N–H and O–H groups in total. The van der Waals surface area contributed by atoms with Gasteiger partial charge < -0.3 is 4.74 Å². The molecule has 0 amide bonds. The van der Waals surface area contributed by atoms with E-state index in [1.165, 1.54) is 11.3 Å². The third-order valence-electron chi connectivity index (χ3n) is 2.23. The van der Waals surface area contributed by atoms with Crippen LogP contribution in [0.25, 0.3) is 0 Å². The first-order chi connectivity index (χ1) is 8.99. The minimum Gasteiger partial charge on any atom is -0.484 e. The van der Waals surface area contributed by atoms with E-state index in [9.17, 15) is 4.79 Å². The smallest absolute Gasteiger partial charge is 0.202 e. The van der Waals surface area contributed by atoms with Crippen LogP contribution in [-0.4, -0.2) is 12.4 Å². The third kappa shape index (κ3) is 3.73. The van der Waals surface area contributed by atoms with Gasteiger partial charge in [0.1, 0.15) is 10.8 Å². The van der Waals surface area contributed by atoms with Gasteiger partial charge in [-0.15, -0.1) is 11.3 Å². The molecule has 0 aliphatic heterocycles. The van der Waals surface area contributed by atoms with Crippen LogP contribution in [0.2, 0.25) is 10.0 Å². The summed E-state index contributed by atoms with van der Waals surface area (Å²) in [5.74, 6) is 0.262. The highest BCUT2D eigenvalue weighted by atomic mass is 79.9. The molecule has 1 aromatic carbocycles. The quantitative estimate of drug-likeness (QED) is 0.553. The van der Waals surface area contributed by atoms with Crippen molar-refractivity contribution in [3.05, 3.63) is 47.4 Å². The minimum atomic E-state index is -0.134. The van der Waals surface area contributed by atoms with Gasteiger partial charge in [-0.2, -0.15) is 0 Å². The van der Waals surface area contributed by atoms with Crippen LogP contribution < -0.4 is 4.74 Å². The van der Waals surface area contributed by atoms with Crippen molar-refractivity contribution in [2.45, 2.75) is 0 Å². The Labute approximate surface area is 140 Å². The van der Waals surface area contributed by atoms with Crippen LogP contribution in [0.1, 0.15) is 10.4 Å². The van der Waals surface area contributed by atoms with Crippen molar-refractivity contribution in [3.8, 4) is 5.75 Å². The van der Waals surface area contributed by atoms with Gasteiger partial charge in [0.25, 0.3) is 0 Å². The zero-order valence-corrected chi connectivity index (χ0v) is 14.8. The van der Waals surface area contributed by atoms with Crippen molar-refractivity contribution in [1.29, 1.82) is 0 Å². The number of ketones is 1. The van der Waals surface area contributed by atoms with Crippen LogP contribution in [0.3, 0.4) is 0 Å². The van der Waals surface area contributed by atoms with E-state index < -0.39 is 0 Å². The summed E-state index contributed by atoms with van der Waals surface area (Å²) in [5.41, 5.74) is 0.579. The van der Waals surface area contributed by atoms with Crippen LogP contribution in [-0.2, 0) is 0 Å². The molecule has 0 bridgehead atoms. The predicted octanol–water partition coefficient (Wildman–Crippen LogP) is 5.84. The molecule has 2 rings (SSSR count). The van der Waals surface area contributed by atoms with Crippen molar-refractivity contribution >= 4 is 72.2 Å². The second-order valence-corrected chi connectivity index (χ2v) is 8.04. The normalized spacial score (nSPS) is 10.5. The number of hydrogen-bond acceptors (Lipinski definition) is 3. The van der Waals surface area contributed by atoms with Gasteiger partial charge in [0.05, 0.1) is 12.6 Å². The summed E-state index contributed by atoms with van der Waals surface area (Å²) in [6.45, 7) is -0.0954. The summed E-state index contributed by atoms with van der Waals surface area (Å²) in [4.78, 5) is 12.0. The Morgan fingerprint density at radius 2 is 2.05 bits per heavy atom. The fourth-order valence-electron chi connectivity index (χ4n) is 1.35. The highest BCUT2D eigenvalue weighted by molar-refractivity contribution is 9.12. The number of carbonyl (C=O) groups excluding carboxylic acids is 1. The number of hydrogen-bond donors (Lipinski definition) is 0. The van der Waals surface area contributed by atoms with Crippen LogP contribution >= 0.6 is 66.4 Å². The lowest BCUT2D eigenvalue weighted by Gasteiger charge is -2.07. The molecule has 0 aliphatic carbocycles. The van der Waals surface area contributed by atoms with Gasteiger partial charge in [-0.3, -0.25) is 4.79 Å². The SMILES string of the molecule is O=C(COc1cccc(Cl)c1Cl)c1cc(Br)sc1Br. The van der Waals surface area contributed by atoms with Crippen molar-refractivity contribution in [2.75, 3.05) is 6.61 Å². The van der Waals surface area contributed by atoms with E-state index >= 15 is 0 Å². The molecule has 0 atom stereocenters. The molecule has 0 spiro atoms. The van der Waals surface area contributed by atoms with Crippen molar-refractivity contribution < 1.29 is 9.53 Å². The Morgan fingerprint density at radius 1 is 1.32 bits per heavy atom. The number of ether oxygens (including phenoxy) is 1. The van der Waals surface area contributed by atoms with Gasteiger partial charge >= 0.3 is 0 Å². The van der Waals surface area contributed by atoms with Crippen LogP contribution in [0.15, 0.2) is 31.8 Å². The number of benzene rings is 1. The van der Waals surface area contributed by atoms with E-state index in [0.29, 0.717) is 21.4 Å². The topological polar surface area (TPSA) is 26.3 Å². The monoisotopic (exact) mass is 442 g/mol. The standard InChI is InChI=1S/C12H6Br2Cl2O2S/c13-10-4-6(12(14)19-10)8(17)5-18-9-3-1-2-7(15)11(9)16/h1-4H,5H2. The van der Waals surface area contributed by atoms with Crippen molar-refractivity contribution in [1.82, 2.24) is 0 Å². The van der Waals surface area contributed by atoms with Gasteiger partial charge in [0.15, 0.2) is 6.61 Å². The van der Waals surface area contributed by atoms with Gasteiger partial charge in [0.2, 0.25) is 5.78 Å². The maximum Gasteiger partial charge on any atom is 0.202 e. The number of carbonyl (C=O) groups is 1. The Balaban J connectivity index is 2.09. The summed E-state index contributed by atoms with van der Waals surface area (Å²) in [6.07, 6.45) is 0. The molecule has 1 heterocycles.